The average Bonchev–Trinajstić information content (AvgIpc) is 3.06. The monoisotopic (exact) mass is 419 g/mol. The van der Waals surface area contributed by atoms with Crippen LogP contribution in [0.5, 0.6) is 0 Å². The van der Waals surface area contributed by atoms with Gasteiger partial charge in [-0.15, -0.1) is 0 Å². The first kappa shape index (κ1) is 21.9. The maximum atomic E-state index is 13.8. The van der Waals surface area contributed by atoms with Gasteiger partial charge in [-0.2, -0.15) is 0 Å². The molecule has 2 aromatic rings. The van der Waals surface area contributed by atoms with Gasteiger partial charge in [0.15, 0.2) is 17.3 Å². The van der Waals surface area contributed by atoms with Crippen LogP contribution in [0.15, 0.2) is 18.2 Å². The third-order valence-corrected chi connectivity index (χ3v) is 5.55. The Kier molecular flexibility index (Phi) is 6.21. The van der Waals surface area contributed by atoms with Crippen LogP contribution in [-0.2, 0) is 17.9 Å². The zero-order chi connectivity index (χ0) is 22.2. The number of fused-ring (bicyclic) bond motifs is 1. The molecule has 2 N–H and O–H groups in total. The smallest absolute Gasteiger partial charge is 0.272 e. The Labute approximate surface area is 174 Å². The van der Waals surface area contributed by atoms with Crippen LogP contribution in [0.25, 0.3) is 11.4 Å². The molecule has 0 spiro atoms. The second-order valence-electron chi connectivity index (χ2n) is 8.04. The van der Waals surface area contributed by atoms with Gasteiger partial charge in [-0.25, -0.2) is 13.8 Å². The number of nitrogens with one attached hydrogen (secondary N) is 2. The molecule has 162 valence electrons. The fourth-order valence-corrected chi connectivity index (χ4v) is 3.58. The van der Waals surface area contributed by atoms with Crippen molar-refractivity contribution in [1.82, 2.24) is 25.1 Å². The number of rotatable bonds is 5. The maximum Gasteiger partial charge on any atom is 0.272 e. The van der Waals surface area contributed by atoms with Gasteiger partial charge >= 0.3 is 0 Å². The van der Waals surface area contributed by atoms with Gasteiger partial charge < -0.3 is 15.2 Å². The summed E-state index contributed by atoms with van der Waals surface area (Å²) in [5.41, 5.74) is 1.24. The van der Waals surface area contributed by atoms with Crippen molar-refractivity contribution in [3.05, 3.63) is 41.2 Å². The van der Waals surface area contributed by atoms with Crippen LogP contribution >= 0.6 is 0 Å². The van der Waals surface area contributed by atoms with E-state index in [0.717, 1.165) is 12.1 Å². The molecule has 0 bridgehead atoms. The normalized spacial score (nSPS) is 17.5. The van der Waals surface area contributed by atoms with Gasteiger partial charge in [0.05, 0.1) is 5.69 Å². The summed E-state index contributed by atoms with van der Waals surface area (Å²) in [4.78, 5) is 31.8. The fraction of sp³-hybridized carbons (Fsp3) is 0.476. The second-order valence-corrected chi connectivity index (χ2v) is 8.04. The first-order chi connectivity index (χ1) is 14.1. The van der Waals surface area contributed by atoms with Crippen LogP contribution in [0.3, 0.4) is 0 Å². The molecule has 7 nitrogen and oxygen atoms in total. The van der Waals surface area contributed by atoms with Crippen molar-refractivity contribution in [3.8, 4) is 11.4 Å². The van der Waals surface area contributed by atoms with Crippen LogP contribution in [0, 0.1) is 17.6 Å². The average molecular weight is 419 g/mol. The summed E-state index contributed by atoms with van der Waals surface area (Å²) in [5, 5.41) is 5.32. The van der Waals surface area contributed by atoms with E-state index < -0.39 is 23.6 Å². The lowest BCUT2D eigenvalue weighted by Crippen LogP contribution is -2.49. The van der Waals surface area contributed by atoms with E-state index in [0.29, 0.717) is 30.2 Å². The van der Waals surface area contributed by atoms with Crippen molar-refractivity contribution in [1.29, 1.82) is 0 Å². The molecule has 1 aromatic carbocycles. The Morgan fingerprint density at radius 3 is 2.53 bits per heavy atom. The van der Waals surface area contributed by atoms with Gasteiger partial charge in [0.25, 0.3) is 5.91 Å². The van der Waals surface area contributed by atoms with E-state index in [1.807, 2.05) is 32.4 Å². The summed E-state index contributed by atoms with van der Waals surface area (Å²) in [5.74, 6) is -2.41. The van der Waals surface area contributed by atoms with Gasteiger partial charge in [0.1, 0.15) is 11.9 Å². The molecule has 0 aliphatic carbocycles. The molecule has 2 heterocycles. The third-order valence-electron chi connectivity index (χ3n) is 5.55. The van der Waals surface area contributed by atoms with E-state index in [2.05, 4.69) is 20.5 Å². The minimum Gasteiger partial charge on any atom is -0.357 e. The summed E-state index contributed by atoms with van der Waals surface area (Å²) >= 11 is 0. The summed E-state index contributed by atoms with van der Waals surface area (Å²) in [6.07, 6.45) is 0. The molecule has 0 fully saturated rings. The molecule has 1 aromatic heterocycles. The Morgan fingerprint density at radius 2 is 1.93 bits per heavy atom. The Bertz CT molecular complexity index is 973. The first-order valence-corrected chi connectivity index (χ1v) is 9.91. The van der Waals surface area contributed by atoms with E-state index in [-0.39, 0.29) is 23.6 Å². The highest BCUT2D eigenvalue weighted by Gasteiger charge is 2.32. The Hall–Kier alpha value is -2.81. The molecule has 1 aliphatic heterocycles. The number of benzene rings is 1. The molecule has 0 saturated heterocycles. The highest BCUT2D eigenvalue weighted by atomic mass is 19.2. The molecule has 2 atom stereocenters. The number of imidazole rings is 1. The van der Waals surface area contributed by atoms with Gasteiger partial charge in [-0.05, 0) is 38.1 Å². The predicted molar refractivity (Wildman–Crippen MR) is 109 cm³/mol. The highest BCUT2D eigenvalue weighted by Crippen LogP contribution is 2.29. The number of hydrogen-bond donors (Lipinski definition) is 2. The molecule has 1 aliphatic rings. The van der Waals surface area contributed by atoms with Crippen molar-refractivity contribution in [3.63, 3.8) is 0 Å². The minimum absolute atomic E-state index is 0.124. The number of hydrogen-bond acceptors (Lipinski definition) is 4. The maximum absolute atomic E-state index is 13.8. The SMILES string of the molecule is CNC(=O)C(NC(=O)c1nc(-c2ccc(F)c(F)c2)n2c1CN(C)C(C)C2)C(C)C. The number of halogens is 2. The number of carbonyl (C=O) groups is 2. The molecule has 0 radical (unpaired) electrons. The van der Waals surface area contributed by atoms with Crippen LogP contribution < -0.4 is 10.6 Å². The molecule has 2 unspecified atom stereocenters. The Morgan fingerprint density at radius 1 is 1.23 bits per heavy atom. The molecule has 30 heavy (non-hydrogen) atoms. The number of nitrogens with zero attached hydrogens (tertiary/aromatic N) is 3. The third kappa shape index (κ3) is 4.07. The lowest BCUT2D eigenvalue weighted by atomic mass is 10.0. The summed E-state index contributed by atoms with van der Waals surface area (Å²) < 4.78 is 29.1. The largest absolute Gasteiger partial charge is 0.357 e. The highest BCUT2D eigenvalue weighted by molar-refractivity contribution is 5.97. The zero-order valence-electron chi connectivity index (χ0n) is 17.8. The van der Waals surface area contributed by atoms with Crippen LogP contribution in [0.2, 0.25) is 0 Å². The van der Waals surface area contributed by atoms with E-state index in [4.69, 9.17) is 0 Å². The lowest BCUT2D eigenvalue weighted by Gasteiger charge is -2.32. The molecule has 0 saturated carbocycles. The van der Waals surface area contributed by atoms with Crippen LogP contribution in [0.1, 0.15) is 37.0 Å². The predicted octanol–water partition coefficient (Wildman–Crippen LogP) is 2.16. The van der Waals surface area contributed by atoms with E-state index in [9.17, 15) is 18.4 Å². The van der Waals surface area contributed by atoms with Crippen LogP contribution in [-0.4, -0.2) is 52.4 Å². The molecular formula is C21H27F2N5O2. The van der Waals surface area contributed by atoms with E-state index in [1.54, 1.807) is 0 Å². The number of amides is 2. The van der Waals surface area contributed by atoms with Gasteiger partial charge in [-0.3, -0.25) is 14.5 Å². The summed E-state index contributed by atoms with van der Waals surface area (Å²) in [6, 6.07) is 3.02. The second kappa shape index (κ2) is 8.51. The minimum atomic E-state index is -0.976. The fourth-order valence-electron chi connectivity index (χ4n) is 3.58. The first-order valence-electron chi connectivity index (χ1n) is 9.91. The molecular weight excluding hydrogens is 392 g/mol. The van der Waals surface area contributed by atoms with Gasteiger partial charge in [0, 0.05) is 31.7 Å². The topological polar surface area (TPSA) is 79.3 Å². The number of aromatic nitrogens is 2. The van der Waals surface area contributed by atoms with Gasteiger partial charge in [-0.1, -0.05) is 13.8 Å². The summed E-state index contributed by atoms with van der Waals surface area (Å²) in [7, 11) is 3.46. The van der Waals surface area contributed by atoms with Crippen molar-refractivity contribution in [2.45, 2.75) is 45.9 Å². The van der Waals surface area contributed by atoms with Crippen molar-refractivity contribution < 1.29 is 18.4 Å². The quantitative estimate of drug-likeness (QED) is 0.779. The van der Waals surface area contributed by atoms with Crippen molar-refractivity contribution in [2.75, 3.05) is 14.1 Å². The van der Waals surface area contributed by atoms with Crippen molar-refractivity contribution in [2.24, 2.45) is 5.92 Å². The van der Waals surface area contributed by atoms with E-state index >= 15 is 0 Å². The lowest BCUT2D eigenvalue weighted by molar-refractivity contribution is -0.123. The molecule has 2 amide bonds. The van der Waals surface area contributed by atoms with Gasteiger partial charge in [0.2, 0.25) is 5.91 Å². The van der Waals surface area contributed by atoms with E-state index in [1.165, 1.54) is 13.1 Å². The zero-order valence-corrected chi connectivity index (χ0v) is 17.8. The number of carbonyl (C=O) groups excluding carboxylic acids is 2. The van der Waals surface area contributed by atoms with Crippen molar-refractivity contribution >= 4 is 11.8 Å². The Balaban J connectivity index is 2.05. The standard InChI is InChI=1S/C21H27F2N5O2/c1-11(2)17(20(29)24-4)26-21(30)18-16-10-27(5)12(3)9-28(16)19(25-18)13-6-7-14(22)15(23)8-13/h6-8,11-12,17H,9-10H2,1-5H3,(H,24,29)(H,26,30). The molecule has 9 heteroatoms. The summed E-state index contributed by atoms with van der Waals surface area (Å²) in [6.45, 7) is 6.73. The number of likely N-dealkylation sites (N-methyl/N-ethyl adjacent to an activating group) is 2. The van der Waals surface area contributed by atoms with Crippen LogP contribution in [0.4, 0.5) is 8.78 Å². The molecule has 3 rings (SSSR count).